The van der Waals surface area contributed by atoms with Gasteiger partial charge in [-0.1, -0.05) is 202 Å². The number of esters is 3. The molecular weight excluding hydrogens is 648 g/mol. The molecule has 0 aromatic rings. The van der Waals surface area contributed by atoms with Gasteiger partial charge in [-0.25, -0.2) is 0 Å². The summed E-state index contributed by atoms with van der Waals surface area (Å²) in [6, 6.07) is 0. The van der Waals surface area contributed by atoms with E-state index in [9.17, 15) is 14.4 Å². The summed E-state index contributed by atoms with van der Waals surface area (Å²) >= 11 is 0. The van der Waals surface area contributed by atoms with Crippen molar-refractivity contribution in [3.8, 4) is 0 Å². The molecule has 0 saturated carbocycles. The number of rotatable bonds is 39. The standard InChI is InChI=1S/C46H88O6/c1-40(2)32-26-20-14-10-8-7-9-11-16-23-29-35-44(47)50-38-43(52-46(49)37-31-25-19-18-22-28-34-42(5)6)39-51-45(48)36-30-24-17-13-12-15-21-27-33-41(3)4/h40-43H,7-39H2,1-6H3/t43-/m1/s1. The minimum atomic E-state index is -0.762. The van der Waals surface area contributed by atoms with Gasteiger partial charge in [-0.05, 0) is 37.0 Å². The quantitative estimate of drug-likeness (QED) is 0.0355. The van der Waals surface area contributed by atoms with Crippen molar-refractivity contribution in [2.24, 2.45) is 17.8 Å². The molecule has 0 saturated heterocycles. The fraction of sp³-hybridized carbons (Fsp3) is 0.935. The Morgan fingerprint density at radius 3 is 0.827 bits per heavy atom. The highest BCUT2D eigenvalue weighted by atomic mass is 16.6. The monoisotopic (exact) mass is 737 g/mol. The molecule has 0 bridgehead atoms. The molecular formula is C46H88O6. The largest absolute Gasteiger partial charge is 0.462 e. The number of hydrogen-bond acceptors (Lipinski definition) is 6. The van der Waals surface area contributed by atoms with Crippen molar-refractivity contribution in [2.45, 2.75) is 247 Å². The van der Waals surface area contributed by atoms with Crippen LogP contribution in [-0.2, 0) is 28.6 Å². The van der Waals surface area contributed by atoms with Crippen LogP contribution in [-0.4, -0.2) is 37.2 Å². The average Bonchev–Trinajstić information content (AvgIpc) is 3.09. The molecule has 52 heavy (non-hydrogen) atoms. The van der Waals surface area contributed by atoms with Crippen LogP contribution in [0.2, 0.25) is 0 Å². The first-order valence-electron chi connectivity index (χ1n) is 22.6. The van der Waals surface area contributed by atoms with E-state index in [1.54, 1.807) is 0 Å². The molecule has 0 N–H and O–H groups in total. The zero-order valence-electron chi connectivity index (χ0n) is 35.6. The predicted molar refractivity (Wildman–Crippen MR) is 219 cm³/mol. The average molecular weight is 737 g/mol. The Bertz CT molecular complexity index is 807. The van der Waals surface area contributed by atoms with Gasteiger partial charge in [0.15, 0.2) is 6.10 Å². The van der Waals surface area contributed by atoms with Crippen LogP contribution in [0.3, 0.4) is 0 Å². The first-order chi connectivity index (χ1) is 25.1. The first-order valence-corrected chi connectivity index (χ1v) is 22.6. The van der Waals surface area contributed by atoms with Gasteiger partial charge in [-0.3, -0.25) is 14.4 Å². The molecule has 0 rings (SSSR count). The SMILES string of the molecule is CC(C)CCCCCCCCCCCCCC(=O)OC[C@H](COC(=O)CCCCCCCCCCC(C)C)OC(=O)CCCCCCCCC(C)C. The highest BCUT2D eigenvalue weighted by Crippen LogP contribution is 2.16. The topological polar surface area (TPSA) is 78.9 Å². The zero-order chi connectivity index (χ0) is 38.5. The van der Waals surface area contributed by atoms with E-state index >= 15 is 0 Å². The lowest BCUT2D eigenvalue weighted by Crippen LogP contribution is -2.30. The smallest absolute Gasteiger partial charge is 0.306 e. The van der Waals surface area contributed by atoms with E-state index in [0.717, 1.165) is 75.5 Å². The zero-order valence-corrected chi connectivity index (χ0v) is 35.6. The maximum atomic E-state index is 12.7. The fourth-order valence-electron chi connectivity index (χ4n) is 6.70. The minimum absolute atomic E-state index is 0.0671. The molecule has 0 spiro atoms. The van der Waals surface area contributed by atoms with Gasteiger partial charge in [-0.15, -0.1) is 0 Å². The molecule has 1 atom stereocenters. The van der Waals surface area contributed by atoms with E-state index in [1.165, 1.54) is 122 Å². The molecule has 6 nitrogen and oxygen atoms in total. The number of unbranched alkanes of at least 4 members (excludes halogenated alkanes) is 22. The van der Waals surface area contributed by atoms with Crippen molar-refractivity contribution in [3.63, 3.8) is 0 Å². The van der Waals surface area contributed by atoms with Crippen molar-refractivity contribution in [2.75, 3.05) is 13.2 Å². The maximum Gasteiger partial charge on any atom is 0.306 e. The van der Waals surface area contributed by atoms with Crippen molar-refractivity contribution in [1.82, 2.24) is 0 Å². The molecule has 0 fully saturated rings. The van der Waals surface area contributed by atoms with Crippen LogP contribution in [0, 0.1) is 17.8 Å². The summed E-state index contributed by atoms with van der Waals surface area (Å²) in [5.41, 5.74) is 0. The van der Waals surface area contributed by atoms with Crippen LogP contribution in [0.25, 0.3) is 0 Å². The van der Waals surface area contributed by atoms with Gasteiger partial charge in [0.2, 0.25) is 0 Å². The van der Waals surface area contributed by atoms with Crippen LogP contribution in [0.15, 0.2) is 0 Å². The maximum absolute atomic E-state index is 12.7. The summed E-state index contributed by atoms with van der Waals surface area (Å²) in [5, 5.41) is 0. The summed E-state index contributed by atoms with van der Waals surface area (Å²) in [7, 11) is 0. The van der Waals surface area contributed by atoms with Gasteiger partial charge >= 0.3 is 17.9 Å². The van der Waals surface area contributed by atoms with Gasteiger partial charge in [0.1, 0.15) is 13.2 Å². The Hall–Kier alpha value is -1.59. The molecule has 6 heteroatoms. The van der Waals surface area contributed by atoms with Crippen LogP contribution in [0.5, 0.6) is 0 Å². The fourth-order valence-corrected chi connectivity index (χ4v) is 6.70. The Balaban J connectivity index is 4.31. The second-order valence-corrected chi connectivity index (χ2v) is 17.1. The lowest BCUT2D eigenvalue weighted by Gasteiger charge is -2.18. The highest BCUT2D eigenvalue weighted by molar-refractivity contribution is 5.71. The molecule has 0 aromatic carbocycles. The highest BCUT2D eigenvalue weighted by Gasteiger charge is 2.19. The summed E-state index contributed by atoms with van der Waals surface area (Å²) < 4.78 is 16.7. The molecule has 0 aliphatic heterocycles. The van der Waals surface area contributed by atoms with Crippen molar-refractivity contribution in [1.29, 1.82) is 0 Å². The van der Waals surface area contributed by atoms with Crippen molar-refractivity contribution < 1.29 is 28.6 Å². The molecule has 0 radical (unpaired) electrons. The van der Waals surface area contributed by atoms with Crippen LogP contribution >= 0.6 is 0 Å². The third kappa shape index (κ3) is 39.6. The van der Waals surface area contributed by atoms with E-state index in [0.29, 0.717) is 19.3 Å². The molecule has 0 amide bonds. The Labute approximate surface area is 323 Å². The van der Waals surface area contributed by atoms with E-state index in [4.69, 9.17) is 14.2 Å². The second kappa shape index (κ2) is 37.7. The van der Waals surface area contributed by atoms with Crippen LogP contribution in [0.4, 0.5) is 0 Å². The predicted octanol–water partition coefficient (Wildman–Crippen LogP) is 14.0. The van der Waals surface area contributed by atoms with Gasteiger partial charge in [0, 0.05) is 19.3 Å². The summed E-state index contributed by atoms with van der Waals surface area (Å²) in [4.78, 5) is 37.6. The third-order valence-electron chi connectivity index (χ3n) is 10.1. The van der Waals surface area contributed by atoms with Crippen LogP contribution < -0.4 is 0 Å². The molecule has 0 aromatic heterocycles. The molecule has 0 heterocycles. The van der Waals surface area contributed by atoms with Gasteiger partial charge in [0.25, 0.3) is 0 Å². The summed E-state index contributed by atoms with van der Waals surface area (Å²) in [6.45, 7) is 13.6. The third-order valence-corrected chi connectivity index (χ3v) is 10.1. The molecule has 0 aliphatic rings. The van der Waals surface area contributed by atoms with Crippen LogP contribution in [0.1, 0.15) is 241 Å². The number of ether oxygens (including phenoxy) is 3. The molecule has 0 aliphatic carbocycles. The summed E-state index contributed by atoms with van der Waals surface area (Å²) in [6.07, 6.45) is 33.9. The summed E-state index contributed by atoms with van der Waals surface area (Å²) in [5.74, 6) is 1.51. The number of hydrogen-bond donors (Lipinski definition) is 0. The second-order valence-electron chi connectivity index (χ2n) is 17.1. The minimum Gasteiger partial charge on any atom is -0.462 e. The van der Waals surface area contributed by atoms with E-state index in [1.807, 2.05) is 0 Å². The number of carbonyl (C=O) groups excluding carboxylic acids is 3. The van der Waals surface area contributed by atoms with Crippen molar-refractivity contribution >= 4 is 17.9 Å². The van der Waals surface area contributed by atoms with E-state index < -0.39 is 6.10 Å². The normalized spacial score (nSPS) is 12.2. The van der Waals surface area contributed by atoms with Gasteiger partial charge in [-0.2, -0.15) is 0 Å². The van der Waals surface area contributed by atoms with Gasteiger partial charge in [0.05, 0.1) is 0 Å². The number of carbonyl (C=O) groups is 3. The Kier molecular flexibility index (Phi) is 36.6. The lowest BCUT2D eigenvalue weighted by atomic mass is 10.0. The Morgan fingerprint density at radius 2 is 0.558 bits per heavy atom. The van der Waals surface area contributed by atoms with E-state index in [2.05, 4.69) is 41.5 Å². The molecule has 0 unspecified atom stereocenters. The van der Waals surface area contributed by atoms with E-state index in [-0.39, 0.29) is 31.1 Å². The van der Waals surface area contributed by atoms with Gasteiger partial charge < -0.3 is 14.2 Å². The Morgan fingerprint density at radius 1 is 0.327 bits per heavy atom. The first kappa shape index (κ1) is 50.4. The molecule has 308 valence electrons. The lowest BCUT2D eigenvalue weighted by molar-refractivity contribution is -0.167. The van der Waals surface area contributed by atoms with Crippen molar-refractivity contribution in [3.05, 3.63) is 0 Å².